The van der Waals surface area contributed by atoms with Gasteiger partial charge in [0, 0.05) is 7.05 Å². The van der Waals surface area contributed by atoms with Crippen molar-refractivity contribution >= 4 is 0 Å². The van der Waals surface area contributed by atoms with Gasteiger partial charge in [0.05, 0.1) is 18.5 Å². The van der Waals surface area contributed by atoms with Crippen LogP contribution in [0, 0.1) is 5.92 Å². The smallest absolute Gasteiger partial charge is 0.157 e. The molecule has 1 unspecified atom stereocenters. The molecule has 0 spiro atoms. The first-order chi connectivity index (χ1) is 8.08. The van der Waals surface area contributed by atoms with Crippen LogP contribution in [0.5, 0.6) is 5.75 Å². The van der Waals surface area contributed by atoms with Crippen molar-refractivity contribution in [3.8, 4) is 5.75 Å². The van der Waals surface area contributed by atoms with Crippen LogP contribution >= 0.6 is 0 Å². The van der Waals surface area contributed by atoms with Gasteiger partial charge in [-0.3, -0.25) is 4.68 Å². The normalized spacial score (nSPS) is 13.0. The van der Waals surface area contributed by atoms with Crippen LogP contribution in [-0.4, -0.2) is 29.0 Å². The molecule has 0 saturated heterocycles. The highest BCUT2D eigenvalue weighted by Crippen LogP contribution is 2.11. The van der Waals surface area contributed by atoms with Crippen molar-refractivity contribution in [3.63, 3.8) is 0 Å². The van der Waals surface area contributed by atoms with E-state index >= 15 is 0 Å². The summed E-state index contributed by atoms with van der Waals surface area (Å²) < 4.78 is 7.51. The van der Waals surface area contributed by atoms with Gasteiger partial charge < -0.3 is 10.1 Å². The summed E-state index contributed by atoms with van der Waals surface area (Å²) in [6.07, 6.45) is 6.12. The second-order valence-electron chi connectivity index (χ2n) is 5.02. The number of ether oxygens (including phenoxy) is 1. The van der Waals surface area contributed by atoms with E-state index in [0.29, 0.717) is 0 Å². The van der Waals surface area contributed by atoms with Gasteiger partial charge in [0.2, 0.25) is 0 Å². The zero-order chi connectivity index (χ0) is 12.7. The maximum Gasteiger partial charge on any atom is 0.157 e. The van der Waals surface area contributed by atoms with Crippen LogP contribution in [0.2, 0.25) is 0 Å². The maximum atomic E-state index is 5.75. The summed E-state index contributed by atoms with van der Waals surface area (Å²) in [6, 6.07) is 0. The topological polar surface area (TPSA) is 39.1 Å². The van der Waals surface area contributed by atoms with Gasteiger partial charge in [0.1, 0.15) is 0 Å². The van der Waals surface area contributed by atoms with Gasteiger partial charge in [-0.05, 0) is 38.8 Å². The maximum absolute atomic E-state index is 5.75. The van der Waals surface area contributed by atoms with Crippen molar-refractivity contribution in [1.29, 1.82) is 0 Å². The van der Waals surface area contributed by atoms with Gasteiger partial charge in [-0.1, -0.05) is 13.8 Å². The molecule has 17 heavy (non-hydrogen) atoms. The molecule has 4 heteroatoms. The Labute approximate surface area is 104 Å². The minimum Gasteiger partial charge on any atom is -0.487 e. The number of aromatic nitrogens is 2. The molecule has 0 aliphatic carbocycles. The third-order valence-electron chi connectivity index (χ3n) is 2.54. The van der Waals surface area contributed by atoms with E-state index in [0.717, 1.165) is 37.6 Å². The van der Waals surface area contributed by atoms with Gasteiger partial charge in [-0.15, -0.1) is 0 Å². The molecule has 0 saturated carbocycles. The molecule has 1 aromatic heterocycles. The Balaban J connectivity index is 2.07. The lowest BCUT2D eigenvalue weighted by Crippen LogP contribution is -2.22. The van der Waals surface area contributed by atoms with Crippen LogP contribution in [0.1, 0.15) is 33.6 Å². The summed E-state index contributed by atoms with van der Waals surface area (Å²) in [5.41, 5.74) is 0. The van der Waals surface area contributed by atoms with Crippen molar-refractivity contribution < 1.29 is 4.74 Å². The average molecular weight is 239 g/mol. The zero-order valence-corrected chi connectivity index (χ0v) is 11.4. The molecule has 1 N–H and O–H groups in total. The molecule has 4 nitrogen and oxygen atoms in total. The van der Waals surface area contributed by atoms with Crippen LogP contribution in [0.25, 0.3) is 0 Å². The molecule has 0 amide bonds. The summed E-state index contributed by atoms with van der Waals surface area (Å²) in [4.78, 5) is 0. The van der Waals surface area contributed by atoms with Crippen molar-refractivity contribution in [2.45, 2.75) is 39.7 Å². The number of aryl methyl sites for hydroxylation is 1. The Morgan fingerprint density at radius 1 is 1.41 bits per heavy atom. The highest BCUT2D eigenvalue weighted by atomic mass is 16.5. The summed E-state index contributed by atoms with van der Waals surface area (Å²) >= 11 is 0. The predicted octanol–water partition coefficient (Wildman–Crippen LogP) is 2.21. The van der Waals surface area contributed by atoms with Gasteiger partial charge in [-0.25, -0.2) is 0 Å². The first-order valence-electron chi connectivity index (χ1n) is 6.44. The van der Waals surface area contributed by atoms with Crippen molar-refractivity contribution in [1.82, 2.24) is 15.1 Å². The molecular formula is C13H25N3O. The Morgan fingerprint density at radius 2 is 2.18 bits per heavy atom. The minimum absolute atomic E-state index is 0.250. The molecular weight excluding hydrogens is 214 g/mol. The first kappa shape index (κ1) is 14.0. The molecule has 0 aliphatic rings. The standard InChI is InChI=1S/C13H25N3O/c1-11(2)8-14-7-5-6-12(3)17-13-9-15-16(4)10-13/h9-12,14H,5-8H2,1-4H3. The van der Waals surface area contributed by atoms with Gasteiger partial charge in [0.25, 0.3) is 0 Å². The lowest BCUT2D eigenvalue weighted by atomic mass is 10.2. The second-order valence-corrected chi connectivity index (χ2v) is 5.02. The van der Waals surface area contributed by atoms with Crippen LogP contribution in [0.4, 0.5) is 0 Å². The van der Waals surface area contributed by atoms with E-state index in [1.165, 1.54) is 0 Å². The van der Waals surface area contributed by atoms with Gasteiger partial charge in [0.15, 0.2) is 5.75 Å². The highest BCUT2D eigenvalue weighted by molar-refractivity contribution is 5.11. The molecule has 98 valence electrons. The van der Waals surface area contributed by atoms with Crippen molar-refractivity contribution in [2.24, 2.45) is 13.0 Å². The van der Waals surface area contributed by atoms with Crippen LogP contribution in [0.15, 0.2) is 12.4 Å². The number of hydrogen-bond donors (Lipinski definition) is 1. The molecule has 0 aliphatic heterocycles. The number of nitrogens with zero attached hydrogens (tertiary/aromatic N) is 2. The molecule has 0 fully saturated rings. The minimum atomic E-state index is 0.250. The van der Waals surface area contributed by atoms with E-state index in [4.69, 9.17) is 4.74 Å². The monoisotopic (exact) mass is 239 g/mol. The molecule has 0 radical (unpaired) electrons. The Morgan fingerprint density at radius 3 is 2.76 bits per heavy atom. The second kappa shape index (κ2) is 7.33. The highest BCUT2D eigenvalue weighted by Gasteiger charge is 2.05. The third-order valence-corrected chi connectivity index (χ3v) is 2.54. The van der Waals surface area contributed by atoms with Crippen LogP contribution < -0.4 is 10.1 Å². The molecule has 0 aromatic carbocycles. The molecule has 1 rings (SSSR count). The van der Waals surface area contributed by atoms with E-state index in [2.05, 4.69) is 31.2 Å². The van der Waals surface area contributed by atoms with E-state index in [-0.39, 0.29) is 6.10 Å². The fourth-order valence-corrected chi connectivity index (χ4v) is 1.66. The molecule has 1 aromatic rings. The summed E-state index contributed by atoms with van der Waals surface area (Å²) in [6.45, 7) is 8.72. The average Bonchev–Trinajstić information content (AvgIpc) is 2.63. The predicted molar refractivity (Wildman–Crippen MR) is 70.2 cm³/mol. The fourth-order valence-electron chi connectivity index (χ4n) is 1.66. The Kier molecular flexibility index (Phi) is 6.05. The summed E-state index contributed by atoms with van der Waals surface area (Å²) in [5.74, 6) is 1.58. The lowest BCUT2D eigenvalue weighted by Gasteiger charge is -2.13. The number of nitrogens with one attached hydrogen (secondary N) is 1. The number of rotatable bonds is 8. The number of hydrogen-bond acceptors (Lipinski definition) is 3. The summed E-state index contributed by atoms with van der Waals surface area (Å²) in [7, 11) is 1.90. The Hall–Kier alpha value is -1.03. The first-order valence-corrected chi connectivity index (χ1v) is 6.44. The van der Waals surface area contributed by atoms with Crippen LogP contribution in [0.3, 0.4) is 0 Å². The van der Waals surface area contributed by atoms with Crippen molar-refractivity contribution in [2.75, 3.05) is 13.1 Å². The fraction of sp³-hybridized carbons (Fsp3) is 0.769. The van der Waals surface area contributed by atoms with Crippen LogP contribution in [-0.2, 0) is 7.05 Å². The van der Waals surface area contributed by atoms with E-state index < -0.39 is 0 Å². The van der Waals surface area contributed by atoms with E-state index in [1.807, 2.05) is 13.2 Å². The lowest BCUT2D eigenvalue weighted by molar-refractivity contribution is 0.207. The summed E-state index contributed by atoms with van der Waals surface area (Å²) in [5, 5.41) is 7.51. The van der Waals surface area contributed by atoms with E-state index in [1.54, 1.807) is 10.9 Å². The Bertz CT molecular complexity index is 309. The van der Waals surface area contributed by atoms with Crippen molar-refractivity contribution in [3.05, 3.63) is 12.4 Å². The van der Waals surface area contributed by atoms with E-state index in [9.17, 15) is 0 Å². The SMILES string of the molecule is CC(C)CNCCCC(C)Oc1cnn(C)c1. The van der Waals surface area contributed by atoms with Gasteiger partial charge in [-0.2, -0.15) is 5.10 Å². The zero-order valence-electron chi connectivity index (χ0n) is 11.4. The molecule has 1 heterocycles. The quantitative estimate of drug-likeness (QED) is 0.707. The largest absolute Gasteiger partial charge is 0.487 e. The molecule has 0 bridgehead atoms. The van der Waals surface area contributed by atoms with Gasteiger partial charge >= 0.3 is 0 Å². The molecule has 1 atom stereocenters. The third kappa shape index (κ3) is 6.31.